The van der Waals surface area contributed by atoms with Crippen LogP contribution in [0.4, 0.5) is 11.1 Å². The van der Waals surface area contributed by atoms with Crippen LogP contribution in [0, 0.1) is 12.3 Å². The molecule has 0 bridgehead atoms. The predicted octanol–water partition coefficient (Wildman–Crippen LogP) is 2.39. The van der Waals surface area contributed by atoms with E-state index < -0.39 is 0 Å². The first-order valence-corrected chi connectivity index (χ1v) is 11.4. The molecule has 3 aromatic rings. The Hall–Kier alpha value is -3.75. The Bertz CT molecular complexity index is 1200. The maximum Gasteiger partial charge on any atom is 0.327 e. The molecule has 4 rings (SSSR count). The number of morpholine rings is 1. The normalized spacial score (nSPS) is 15.5. The van der Waals surface area contributed by atoms with Gasteiger partial charge in [0.15, 0.2) is 11.0 Å². The van der Waals surface area contributed by atoms with E-state index in [2.05, 4.69) is 25.9 Å². The number of aromatic nitrogens is 4. The molecule has 0 N–H and O–H groups in total. The number of terminal acetylenes is 1. The summed E-state index contributed by atoms with van der Waals surface area (Å²) in [6.45, 7) is 1.45. The number of hydrogen-bond donors (Lipinski definition) is 0. The zero-order valence-electron chi connectivity index (χ0n) is 19.4. The van der Waals surface area contributed by atoms with E-state index in [9.17, 15) is 4.79 Å². The van der Waals surface area contributed by atoms with Gasteiger partial charge in [0.05, 0.1) is 24.3 Å². The molecule has 10 nitrogen and oxygen atoms in total. The molecule has 34 heavy (non-hydrogen) atoms. The average molecular weight is 480 g/mol. The maximum atomic E-state index is 12.2. The highest BCUT2D eigenvalue weighted by Gasteiger charge is 2.26. The number of nitrogens with zero attached hydrogens (tertiary/aromatic N) is 7. The standard InChI is InChI=1S/C23H25N7O3S/c1-6-16-14-32-12-11-30(16)21-25-19(18-13-24-23(34-18)29(4)5)26-22(27-21)33-17-9-7-15(8-10-17)20(31)28(2)3/h1,7-10,13,16H,11-12,14H2,2-5H3/t16-/m0/s1. The van der Waals surface area contributed by atoms with Crippen molar-refractivity contribution in [3.8, 4) is 34.8 Å². The Morgan fingerprint density at radius 3 is 2.62 bits per heavy atom. The van der Waals surface area contributed by atoms with Gasteiger partial charge in [-0.1, -0.05) is 17.3 Å². The minimum Gasteiger partial charge on any atom is -0.424 e. The first kappa shape index (κ1) is 23.4. The Morgan fingerprint density at radius 2 is 1.97 bits per heavy atom. The summed E-state index contributed by atoms with van der Waals surface area (Å²) in [5, 5.41) is 0.827. The number of amides is 1. The summed E-state index contributed by atoms with van der Waals surface area (Å²) in [6.07, 6.45) is 7.44. The van der Waals surface area contributed by atoms with Crippen molar-refractivity contribution in [3.63, 3.8) is 0 Å². The van der Waals surface area contributed by atoms with Gasteiger partial charge in [0.1, 0.15) is 11.8 Å². The lowest BCUT2D eigenvalue weighted by atomic mass is 10.2. The van der Waals surface area contributed by atoms with E-state index in [1.807, 2.05) is 23.9 Å². The zero-order valence-corrected chi connectivity index (χ0v) is 20.2. The molecule has 1 aromatic carbocycles. The number of anilines is 2. The first-order chi connectivity index (χ1) is 16.4. The third-order valence-corrected chi connectivity index (χ3v) is 6.15. The van der Waals surface area contributed by atoms with Crippen LogP contribution in [-0.4, -0.2) is 84.7 Å². The van der Waals surface area contributed by atoms with Crippen LogP contribution in [0.15, 0.2) is 30.5 Å². The van der Waals surface area contributed by atoms with Crippen LogP contribution in [0.3, 0.4) is 0 Å². The van der Waals surface area contributed by atoms with E-state index in [-0.39, 0.29) is 18.0 Å². The minimum absolute atomic E-state index is 0.0918. The van der Waals surface area contributed by atoms with E-state index in [4.69, 9.17) is 15.9 Å². The molecule has 1 saturated heterocycles. The number of thiazole rings is 1. The topological polar surface area (TPSA) is 96.8 Å². The largest absolute Gasteiger partial charge is 0.424 e. The fraction of sp³-hybridized carbons (Fsp3) is 0.348. The monoisotopic (exact) mass is 479 g/mol. The molecule has 2 aromatic heterocycles. The van der Waals surface area contributed by atoms with E-state index in [1.54, 1.807) is 44.6 Å². The molecular weight excluding hydrogens is 454 g/mol. The van der Waals surface area contributed by atoms with E-state index in [1.165, 1.54) is 16.2 Å². The summed E-state index contributed by atoms with van der Waals surface area (Å²) in [7, 11) is 7.26. The van der Waals surface area contributed by atoms with Gasteiger partial charge in [-0.3, -0.25) is 4.79 Å². The maximum absolute atomic E-state index is 12.2. The average Bonchev–Trinajstić information content (AvgIpc) is 3.35. The summed E-state index contributed by atoms with van der Waals surface area (Å²) in [5.74, 6) is 3.98. The lowest BCUT2D eigenvalue weighted by Gasteiger charge is -2.32. The van der Waals surface area contributed by atoms with Gasteiger partial charge in [-0.05, 0) is 24.3 Å². The molecule has 1 amide bonds. The fourth-order valence-corrected chi connectivity index (χ4v) is 3.99. The highest BCUT2D eigenvalue weighted by molar-refractivity contribution is 7.18. The molecule has 1 aliphatic heterocycles. The SMILES string of the molecule is C#C[C@H]1COCCN1c1nc(Oc2ccc(C(=O)N(C)C)cc2)nc(-c2cnc(N(C)C)s2)n1. The summed E-state index contributed by atoms with van der Waals surface area (Å²) in [4.78, 5) is 36.4. The van der Waals surface area contributed by atoms with Crippen molar-refractivity contribution >= 4 is 28.3 Å². The van der Waals surface area contributed by atoms with Crippen LogP contribution in [0.1, 0.15) is 10.4 Å². The van der Waals surface area contributed by atoms with Crippen molar-refractivity contribution in [2.45, 2.75) is 6.04 Å². The number of benzene rings is 1. The van der Waals surface area contributed by atoms with Crippen molar-refractivity contribution in [3.05, 3.63) is 36.0 Å². The van der Waals surface area contributed by atoms with Crippen molar-refractivity contribution in [1.29, 1.82) is 0 Å². The molecule has 176 valence electrons. The quantitative estimate of drug-likeness (QED) is 0.494. The van der Waals surface area contributed by atoms with Gasteiger partial charge >= 0.3 is 6.01 Å². The molecule has 1 atom stereocenters. The highest BCUT2D eigenvalue weighted by Crippen LogP contribution is 2.31. The smallest absolute Gasteiger partial charge is 0.327 e. The van der Waals surface area contributed by atoms with E-state index in [0.717, 1.165) is 10.0 Å². The molecule has 0 saturated carbocycles. The van der Waals surface area contributed by atoms with Gasteiger partial charge < -0.3 is 24.2 Å². The molecular formula is C23H25N7O3S. The van der Waals surface area contributed by atoms with Crippen molar-refractivity contribution in [1.82, 2.24) is 24.8 Å². The van der Waals surface area contributed by atoms with E-state index >= 15 is 0 Å². The minimum atomic E-state index is -0.299. The third kappa shape index (κ3) is 5.08. The van der Waals surface area contributed by atoms with Crippen molar-refractivity contribution in [2.75, 3.05) is 57.7 Å². The van der Waals surface area contributed by atoms with Crippen LogP contribution in [0.5, 0.6) is 11.8 Å². The molecule has 0 unspecified atom stereocenters. The van der Waals surface area contributed by atoms with Crippen LogP contribution in [-0.2, 0) is 4.74 Å². The molecule has 0 spiro atoms. The Kier molecular flexibility index (Phi) is 6.90. The second kappa shape index (κ2) is 10.0. The van der Waals surface area contributed by atoms with Crippen molar-refractivity contribution in [2.24, 2.45) is 0 Å². The van der Waals surface area contributed by atoms with Gasteiger partial charge in [-0.15, -0.1) is 6.42 Å². The summed E-state index contributed by atoms with van der Waals surface area (Å²) in [5.41, 5.74) is 0.556. The molecule has 11 heteroatoms. The van der Waals surface area contributed by atoms with Gasteiger partial charge in [0, 0.05) is 40.3 Å². The van der Waals surface area contributed by atoms with Gasteiger partial charge in [0.25, 0.3) is 5.91 Å². The summed E-state index contributed by atoms with van der Waals surface area (Å²) < 4.78 is 11.5. The molecule has 1 aliphatic rings. The molecule has 3 heterocycles. The first-order valence-electron chi connectivity index (χ1n) is 10.6. The number of rotatable bonds is 6. The predicted molar refractivity (Wildman–Crippen MR) is 131 cm³/mol. The third-order valence-electron chi connectivity index (χ3n) is 4.99. The van der Waals surface area contributed by atoms with Crippen molar-refractivity contribution < 1.29 is 14.3 Å². The van der Waals surface area contributed by atoms with Gasteiger partial charge in [-0.2, -0.15) is 15.0 Å². The Morgan fingerprint density at radius 1 is 1.21 bits per heavy atom. The lowest BCUT2D eigenvalue weighted by molar-refractivity contribution is 0.0827. The summed E-state index contributed by atoms with van der Waals surface area (Å²) >= 11 is 1.46. The number of carbonyl (C=O) groups excluding carboxylic acids is 1. The second-order valence-electron chi connectivity index (χ2n) is 7.92. The Labute approximate surface area is 202 Å². The number of carbonyl (C=O) groups is 1. The molecule has 0 aliphatic carbocycles. The molecule has 1 fully saturated rings. The highest BCUT2D eigenvalue weighted by atomic mass is 32.1. The van der Waals surface area contributed by atoms with Crippen LogP contribution in [0.25, 0.3) is 10.7 Å². The number of ether oxygens (including phenoxy) is 2. The fourth-order valence-electron chi connectivity index (χ4n) is 3.22. The van der Waals surface area contributed by atoms with E-state index in [0.29, 0.717) is 42.8 Å². The van der Waals surface area contributed by atoms with Gasteiger partial charge in [0.2, 0.25) is 5.95 Å². The van der Waals surface area contributed by atoms with Crippen LogP contribution >= 0.6 is 11.3 Å². The summed E-state index contributed by atoms with van der Waals surface area (Å²) in [6, 6.07) is 6.62. The van der Waals surface area contributed by atoms with Crippen LogP contribution in [0.2, 0.25) is 0 Å². The second-order valence-corrected chi connectivity index (χ2v) is 8.93. The molecule has 0 radical (unpaired) electrons. The zero-order chi connectivity index (χ0) is 24.2. The lowest BCUT2D eigenvalue weighted by Crippen LogP contribution is -2.45. The van der Waals surface area contributed by atoms with Crippen LogP contribution < -0.4 is 14.5 Å². The van der Waals surface area contributed by atoms with Gasteiger partial charge in [-0.25, -0.2) is 4.98 Å². The number of hydrogen-bond acceptors (Lipinski definition) is 10. The Balaban J connectivity index is 1.69.